The van der Waals surface area contributed by atoms with Crippen LogP contribution in [0.15, 0.2) is 42.7 Å². The molecule has 3 heterocycles. The lowest BCUT2D eigenvalue weighted by Gasteiger charge is -2.32. The van der Waals surface area contributed by atoms with E-state index in [1.165, 1.54) is 0 Å². The Kier molecular flexibility index (Phi) is 3.02. The fourth-order valence-electron chi connectivity index (χ4n) is 2.96. The number of fused-ring (bicyclic) bond motifs is 3. The van der Waals surface area contributed by atoms with Gasteiger partial charge in [-0.25, -0.2) is 0 Å². The topological polar surface area (TPSA) is 44.2 Å². The number of hydrogen-bond donors (Lipinski definition) is 0. The van der Waals surface area contributed by atoms with E-state index < -0.39 is 7.12 Å². The van der Waals surface area contributed by atoms with Crippen LogP contribution in [0.1, 0.15) is 27.7 Å². The number of aromatic nitrogens is 2. The van der Waals surface area contributed by atoms with E-state index in [0.29, 0.717) is 0 Å². The predicted molar refractivity (Wildman–Crippen MR) is 92.8 cm³/mol. The molecule has 1 aliphatic heterocycles. The van der Waals surface area contributed by atoms with E-state index in [9.17, 15) is 0 Å². The third-order valence-corrected chi connectivity index (χ3v) is 5.01. The molecule has 1 saturated heterocycles. The van der Waals surface area contributed by atoms with Gasteiger partial charge < -0.3 is 9.31 Å². The minimum absolute atomic E-state index is 0.389. The molecule has 0 radical (unpaired) electrons. The van der Waals surface area contributed by atoms with Crippen molar-refractivity contribution in [3.8, 4) is 0 Å². The molecule has 1 fully saturated rings. The average Bonchev–Trinajstić information content (AvgIpc) is 2.74. The van der Waals surface area contributed by atoms with Gasteiger partial charge in [0.2, 0.25) is 0 Å². The fourth-order valence-corrected chi connectivity index (χ4v) is 2.96. The molecule has 1 aliphatic rings. The van der Waals surface area contributed by atoms with Crippen LogP contribution in [0.2, 0.25) is 0 Å². The molecule has 0 saturated carbocycles. The Morgan fingerprint density at radius 2 is 1.57 bits per heavy atom. The maximum atomic E-state index is 6.19. The molecule has 0 aliphatic carbocycles. The summed E-state index contributed by atoms with van der Waals surface area (Å²) >= 11 is 0. The van der Waals surface area contributed by atoms with Crippen molar-refractivity contribution in [1.29, 1.82) is 0 Å². The summed E-state index contributed by atoms with van der Waals surface area (Å²) in [7, 11) is -0.490. The summed E-state index contributed by atoms with van der Waals surface area (Å²) in [6.45, 7) is 8.20. The highest BCUT2D eigenvalue weighted by Gasteiger charge is 2.52. The monoisotopic (exact) mass is 306 g/mol. The molecule has 0 atom stereocenters. The molecule has 116 valence electrons. The minimum Gasteiger partial charge on any atom is -0.398 e. The summed E-state index contributed by atoms with van der Waals surface area (Å²) in [5, 5.41) is 3.21. The Labute approximate surface area is 136 Å². The van der Waals surface area contributed by atoms with Crippen LogP contribution in [0.25, 0.3) is 21.7 Å². The number of nitrogens with zero attached hydrogens (tertiary/aromatic N) is 2. The molecule has 23 heavy (non-hydrogen) atoms. The molecule has 4 nitrogen and oxygen atoms in total. The van der Waals surface area contributed by atoms with E-state index in [-0.39, 0.29) is 11.2 Å². The smallest absolute Gasteiger partial charge is 0.398 e. The summed E-state index contributed by atoms with van der Waals surface area (Å²) in [5.74, 6) is 0. The van der Waals surface area contributed by atoms with Crippen LogP contribution in [-0.4, -0.2) is 28.3 Å². The highest BCUT2D eigenvalue weighted by atomic mass is 16.7. The number of hydrogen-bond acceptors (Lipinski definition) is 4. The van der Waals surface area contributed by atoms with Crippen molar-refractivity contribution in [1.82, 2.24) is 9.97 Å². The zero-order chi connectivity index (χ0) is 16.2. The largest absolute Gasteiger partial charge is 0.515 e. The normalized spacial score (nSPS) is 19.6. The number of pyridine rings is 2. The van der Waals surface area contributed by atoms with Crippen molar-refractivity contribution in [3.63, 3.8) is 0 Å². The lowest BCUT2D eigenvalue weighted by molar-refractivity contribution is 0.00578. The third-order valence-electron chi connectivity index (χ3n) is 5.01. The Bertz CT molecular complexity index is 892. The third kappa shape index (κ3) is 2.15. The molecule has 0 unspecified atom stereocenters. The van der Waals surface area contributed by atoms with Crippen molar-refractivity contribution < 1.29 is 9.31 Å². The van der Waals surface area contributed by atoms with Gasteiger partial charge in [0.1, 0.15) is 0 Å². The molecule has 2 aromatic heterocycles. The fraction of sp³-hybridized carbons (Fsp3) is 0.333. The van der Waals surface area contributed by atoms with Gasteiger partial charge in [-0.05, 0) is 45.2 Å². The SMILES string of the molecule is CC1(C)OB(c2nc3ccccc3c3ccncc23)OC1(C)C. The van der Waals surface area contributed by atoms with Crippen LogP contribution in [0.5, 0.6) is 0 Å². The van der Waals surface area contributed by atoms with E-state index in [0.717, 1.165) is 27.3 Å². The second-order valence-electron chi connectivity index (χ2n) is 7.02. The second-order valence-corrected chi connectivity index (χ2v) is 7.02. The summed E-state index contributed by atoms with van der Waals surface area (Å²) in [6, 6.07) is 10.1. The van der Waals surface area contributed by atoms with Gasteiger partial charge in [0.05, 0.1) is 22.3 Å². The van der Waals surface area contributed by atoms with Gasteiger partial charge in [0, 0.05) is 23.2 Å². The molecular weight excluding hydrogens is 287 g/mol. The van der Waals surface area contributed by atoms with Crippen molar-refractivity contribution in [2.45, 2.75) is 38.9 Å². The zero-order valence-corrected chi connectivity index (χ0v) is 13.8. The van der Waals surface area contributed by atoms with Crippen molar-refractivity contribution in [2.24, 2.45) is 0 Å². The molecule has 5 heteroatoms. The van der Waals surface area contributed by atoms with Crippen LogP contribution in [-0.2, 0) is 9.31 Å². The van der Waals surface area contributed by atoms with Gasteiger partial charge in [0.25, 0.3) is 0 Å². The van der Waals surface area contributed by atoms with E-state index in [1.54, 1.807) is 0 Å². The van der Waals surface area contributed by atoms with Gasteiger partial charge in [0.15, 0.2) is 0 Å². The first-order valence-corrected chi connectivity index (χ1v) is 7.87. The maximum Gasteiger partial charge on any atom is 0.515 e. The van der Waals surface area contributed by atoms with E-state index in [1.807, 2.05) is 36.7 Å². The molecule has 0 spiro atoms. The lowest BCUT2D eigenvalue weighted by Crippen LogP contribution is -2.41. The van der Waals surface area contributed by atoms with Crippen molar-refractivity contribution in [2.75, 3.05) is 0 Å². The van der Waals surface area contributed by atoms with Gasteiger partial charge >= 0.3 is 7.12 Å². The minimum atomic E-state index is -0.490. The lowest BCUT2D eigenvalue weighted by atomic mass is 9.81. The van der Waals surface area contributed by atoms with Crippen molar-refractivity contribution in [3.05, 3.63) is 42.7 Å². The zero-order valence-electron chi connectivity index (χ0n) is 13.8. The van der Waals surface area contributed by atoms with Gasteiger partial charge in [-0.3, -0.25) is 9.97 Å². The van der Waals surface area contributed by atoms with Crippen LogP contribution < -0.4 is 5.59 Å². The Morgan fingerprint density at radius 3 is 2.30 bits per heavy atom. The van der Waals surface area contributed by atoms with Gasteiger partial charge in [-0.15, -0.1) is 0 Å². The molecule has 0 bridgehead atoms. The first-order chi connectivity index (χ1) is 10.9. The Balaban J connectivity index is 1.97. The van der Waals surface area contributed by atoms with E-state index in [4.69, 9.17) is 14.3 Å². The first kappa shape index (κ1) is 14.6. The van der Waals surface area contributed by atoms with Crippen LogP contribution in [0.3, 0.4) is 0 Å². The predicted octanol–water partition coefficient (Wildman–Crippen LogP) is 3.08. The summed E-state index contributed by atoms with van der Waals surface area (Å²) in [4.78, 5) is 9.10. The van der Waals surface area contributed by atoms with Crippen LogP contribution in [0.4, 0.5) is 0 Å². The quantitative estimate of drug-likeness (QED) is 0.512. The van der Waals surface area contributed by atoms with E-state index in [2.05, 4.69) is 38.7 Å². The van der Waals surface area contributed by atoms with Gasteiger partial charge in [-0.1, -0.05) is 18.2 Å². The number of para-hydroxylation sites is 1. The van der Waals surface area contributed by atoms with Crippen molar-refractivity contribution >= 4 is 34.4 Å². The molecule has 3 aromatic rings. The van der Waals surface area contributed by atoms with Crippen LogP contribution >= 0.6 is 0 Å². The van der Waals surface area contributed by atoms with Gasteiger partial charge in [-0.2, -0.15) is 0 Å². The maximum absolute atomic E-state index is 6.19. The van der Waals surface area contributed by atoms with E-state index >= 15 is 0 Å². The Morgan fingerprint density at radius 1 is 0.870 bits per heavy atom. The molecule has 0 amide bonds. The standard InChI is InChI=1S/C18H19BN2O2/c1-17(2)18(3,4)23-19(22-17)16-14-11-20-10-9-12(14)13-7-5-6-8-15(13)21-16/h5-11H,1-4H3. The second kappa shape index (κ2) is 4.76. The summed E-state index contributed by atoms with van der Waals surface area (Å²) in [6.07, 6.45) is 3.65. The average molecular weight is 306 g/mol. The molecular formula is C18H19BN2O2. The molecule has 4 rings (SSSR count). The highest BCUT2D eigenvalue weighted by molar-refractivity contribution is 6.64. The summed E-state index contributed by atoms with van der Waals surface area (Å²) < 4.78 is 12.4. The first-order valence-electron chi connectivity index (χ1n) is 7.87. The van der Waals surface area contributed by atoms with Crippen LogP contribution in [0, 0.1) is 0 Å². The Hall–Kier alpha value is -1.98. The molecule has 1 aromatic carbocycles. The number of benzene rings is 1. The number of rotatable bonds is 1. The summed E-state index contributed by atoms with van der Waals surface area (Å²) in [5.41, 5.74) is 0.959. The molecule has 0 N–H and O–H groups in total. The highest BCUT2D eigenvalue weighted by Crippen LogP contribution is 2.37.